The van der Waals surface area contributed by atoms with Crippen molar-refractivity contribution in [2.45, 2.75) is 19.6 Å². The summed E-state index contributed by atoms with van der Waals surface area (Å²) in [5.41, 5.74) is 3.90. The zero-order chi connectivity index (χ0) is 21.6. The van der Waals surface area contributed by atoms with Crippen LogP contribution >= 0.6 is 11.3 Å². The molecule has 8 nitrogen and oxygen atoms in total. The van der Waals surface area contributed by atoms with E-state index in [1.807, 2.05) is 42.6 Å². The summed E-state index contributed by atoms with van der Waals surface area (Å²) in [5.74, 6) is 1.89. The van der Waals surface area contributed by atoms with Crippen molar-refractivity contribution in [1.82, 2.24) is 25.5 Å². The Kier molecular flexibility index (Phi) is 6.23. The number of thiazole rings is 1. The number of nitrogens with one attached hydrogen (secondary N) is 2. The van der Waals surface area contributed by atoms with E-state index in [-0.39, 0.29) is 5.91 Å². The van der Waals surface area contributed by atoms with E-state index in [4.69, 9.17) is 9.47 Å². The molecule has 0 aliphatic heterocycles. The van der Waals surface area contributed by atoms with Crippen LogP contribution in [-0.4, -0.2) is 33.2 Å². The molecule has 0 saturated carbocycles. The molecule has 1 amide bonds. The maximum Gasteiger partial charge on any atom is 0.252 e. The lowest BCUT2D eigenvalue weighted by atomic mass is 10.1. The fraction of sp³-hybridized carbons (Fsp3) is 0.182. The van der Waals surface area contributed by atoms with Crippen molar-refractivity contribution in [3.63, 3.8) is 0 Å². The summed E-state index contributed by atoms with van der Waals surface area (Å²) in [4.78, 5) is 21.6. The van der Waals surface area contributed by atoms with Crippen LogP contribution in [0.25, 0.3) is 0 Å². The van der Waals surface area contributed by atoms with Crippen molar-refractivity contribution in [2.75, 3.05) is 7.11 Å². The number of carbonyl (C=O) groups is 1. The third-order valence-electron chi connectivity index (χ3n) is 4.57. The smallest absolute Gasteiger partial charge is 0.252 e. The lowest BCUT2D eigenvalue weighted by Crippen LogP contribution is -2.30. The molecule has 0 aliphatic carbocycles. The van der Waals surface area contributed by atoms with Crippen LogP contribution in [0.15, 0.2) is 59.4 Å². The number of nitrogens with zero attached hydrogens (tertiary/aromatic N) is 3. The van der Waals surface area contributed by atoms with Gasteiger partial charge in [-0.2, -0.15) is 5.10 Å². The minimum absolute atomic E-state index is 0.277. The molecule has 0 fully saturated rings. The summed E-state index contributed by atoms with van der Waals surface area (Å²) >= 11 is 1.51. The Labute approximate surface area is 183 Å². The number of ether oxygens (including phenoxy) is 2. The SMILES string of the molecule is COc1cc(C(=O)NC(c2ccccc2)c2n[nH]c(C)n2)ccc1OCc1cscn1. The Bertz CT molecular complexity index is 1150. The standard InChI is InChI=1S/C22H21N5O3S/c1-14-24-21(27-26-14)20(15-6-4-3-5-7-15)25-22(28)16-8-9-18(19(10-16)29-2)30-11-17-12-31-13-23-17/h3-10,12-13,20H,11H2,1-2H3,(H,25,28)(H,24,26,27). The van der Waals surface area contributed by atoms with Gasteiger partial charge in [0.2, 0.25) is 0 Å². The van der Waals surface area contributed by atoms with E-state index in [1.165, 1.54) is 18.4 Å². The van der Waals surface area contributed by atoms with Crippen LogP contribution in [0.1, 0.15) is 39.3 Å². The van der Waals surface area contributed by atoms with Crippen molar-refractivity contribution in [3.8, 4) is 11.5 Å². The predicted octanol–water partition coefficient (Wildman–Crippen LogP) is 3.68. The first kappa shape index (κ1) is 20.5. The van der Waals surface area contributed by atoms with Gasteiger partial charge in [-0.15, -0.1) is 11.3 Å². The highest BCUT2D eigenvalue weighted by atomic mass is 32.1. The first-order chi connectivity index (χ1) is 15.1. The average Bonchev–Trinajstić information content (AvgIpc) is 3.48. The second-order valence-electron chi connectivity index (χ2n) is 6.73. The van der Waals surface area contributed by atoms with Gasteiger partial charge < -0.3 is 14.8 Å². The maximum atomic E-state index is 13.1. The normalized spacial score (nSPS) is 11.7. The number of benzene rings is 2. The van der Waals surface area contributed by atoms with Crippen molar-refractivity contribution >= 4 is 17.2 Å². The molecular formula is C22H21N5O3S. The highest BCUT2D eigenvalue weighted by Crippen LogP contribution is 2.29. The van der Waals surface area contributed by atoms with Crippen molar-refractivity contribution < 1.29 is 14.3 Å². The number of H-pyrrole nitrogens is 1. The Morgan fingerprint density at radius 1 is 1.19 bits per heavy atom. The average molecular weight is 436 g/mol. The Morgan fingerprint density at radius 2 is 2.03 bits per heavy atom. The monoisotopic (exact) mass is 435 g/mol. The number of rotatable bonds is 8. The van der Waals surface area contributed by atoms with E-state index in [0.29, 0.717) is 35.3 Å². The number of amides is 1. The molecule has 0 saturated heterocycles. The van der Waals surface area contributed by atoms with Crippen LogP contribution in [0.4, 0.5) is 0 Å². The van der Waals surface area contributed by atoms with Gasteiger partial charge in [0.25, 0.3) is 5.91 Å². The van der Waals surface area contributed by atoms with Crippen molar-refractivity contribution in [1.29, 1.82) is 0 Å². The molecule has 1 atom stereocenters. The molecule has 4 rings (SSSR count). The van der Waals surface area contributed by atoms with Crippen LogP contribution in [0, 0.1) is 6.92 Å². The lowest BCUT2D eigenvalue weighted by Gasteiger charge is -2.17. The van der Waals surface area contributed by atoms with Gasteiger partial charge >= 0.3 is 0 Å². The third-order valence-corrected chi connectivity index (χ3v) is 5.20. The van der Waals surface area contributed by atoms with Gasteiger partial charge in [-0.1, -0.05) is 30.3 Å². The largest absolute Gasteiger partial charge is 0.493 e. The summed E-state index contributed by atoms with van der Waals surface area (Å²) < 4.78 is 11.2. The molecule has 0 spiro atoms. The molecule has 1 unspecified atom stereocenters. The van der Waals surface area contributed by atoms with E-state index >= 15 is 0 Å². The van der Waals surface area contributed by atoms with Gasteiger partial charge in [-0.05, 0) is 30.7 Å². The quantitative estimate of drug-likeness (QED) is 0.438. The molecule has 2 heterocycles. The molecule has 4 aromatic rings. The molecular weight excluding hydrogens is 414 g/mol. The molecule has 0 aliphatic rings. The van der Waals surface area contributed by atoms with Crippen LogP contribution < -0.4 is 14.8 Å². The lowest BCUT2D eigenvalue weighted by molar-refractivity contribution is 0.0941. The van der Waals surface area contributed by atoms with Crippen molar-refractivity contribution in [2.24, 2.45) is 0 Å². The van der Waals surface area contributed by atoms with Gasteiger partial charge in [0.05, 0.1) is 18.3 Å². The second kappa shape index (κ2) is 9.40. The van der Waals surface area contributed by atoms with Crippen molar-refractivity contribution in [3.05, 3.63) is 87.9 Å². The summed E-state index contributed by atoms with van der Waals surface area (Å²) in [6.45, 7) is 2.14. The second-order valence-corrected chi connectivity index (χ2v) is 7.45. The minimum atomic E-state index is -0.495. The van der Waals surface area contributed by atoms with Crippen LogP contribution in [0.3, 0.4) is 0 Å². The first-order valence-electron chi connectivity index (χ1n) is 9.56. The van der Waals surface area contributed by atoms with Crippen LogP contribution in [0.5, 0.6) is 11.5 Å². The first-order valence-corrected chi connectivity index (χ1v) is 10.5. The highest BCUT2D eigenvalue weighted by molar-refractivity contribution is 7.07. The predicted molar refractivity (Wildman–Crippen MR) is 116 cm³/mol. The summed E-state index contributed by atoms with van der Waals surface area (Å²) in [7, 11) is 1.54. The minimum Gasteiger partial charge on any atom is -0.493 e. The van der Waals surface area contributed by atoms with E-state index in [9.17, 15) is 4.79 Å². The molecule has 2 N–H and O–H groups in total. The van der Waals surface area contributed by atoms with E-state index in [1.54, 1.807) is 23.7 Å². The number of aromatic amines is 1. The number of aromatic nitrogens is 4. The number of hydrogen-bond donors (Lipinski definition) is 2. The molecule has 9 heteroatoms. The van der Waals surface area contributed by atoms with Gasteiger partial charge in [0.15, 0.2) is 17.3 Å². The Balaban J connectivity index is 1.54. The Hall–Kier alpha value is -3.72. The zero-order valence-electron chi connectivity index (χ0n) is 17.0. The zero-order valence-corrected chi connectivity index (χ0v) is 17.8. The van der Waals surface area contributed by atoms with E-state index in [2.05, 4.69) is 25.5 Å². The number of hydrogen-bond acceptors (Lipinski definition) is 7. The molecule has 0 radical (unpaired) electrons. The summed E-state index contributed by atoms with van der Waals surface area (Å²) in [6.07, 6.45) is 0. The van der Waals surface area contributed by atoms with Gasteiger partial charge in [0, 0.05) is 10.9 Å². The van der Waals surface area contributed by atoms with Gasteiger partial charge in [0.1, 0.15) is 18.5 Å². The highest BCUT2D eigenvalue weighted by Gasteiger charge is 2.22. The van der Waals surface area contributed by atoms with E-state index in [0.717, 1.165) is 11.3 Å². The van der Waals surface area contributed by atoms with Crippen LogP contribution in [-0.2, 0) is 6.61 Å². The topological polar surface area (TPSA) is 102 Å². The molecule has 0 bridgehead atoms. The van der Waals surface area contributed by atoms with Gasteiger partial charge in [-0.25, -0.2) is 9.97 Å². The molecule has 158 valence electrons. The maximum absolute atomic E-state index is 13.1. The van der Waals surface area contributed by atoms with E-state index < -0.39 is 6.04 Å². The number of methoxy groups -OCH3 is 1. The summed E-state index contributed by atoms with van der Waals surface area (Å²) in [5, 5.41) is 12.0. The number of carbonyl (C=O) groups excluding carboxylic acids is 1. The molecule has 2 aromatic carbocycles. The number of aryl methyl sites for hydroxylation is 1. The summed E-state index contributed by atoms with van der Waals surface area (Å²) in [6, 6.07) is 14.1. The molecule has 2 aromatic heterocycles. The fourth-order valence-electron chi connectivity index (χ4n) is 3.03. The molecule has 31 heavy (non-hydrogen) atoms. The van der Waals surface area contributed by atoms with Crippen LogP contribution in [0.2, 0.25) is 0 Å². The Morgan fingerprint density at radius 3 is 2.71 bits per heavy atom. The third kappa shape index (κ3) is 4.89. The fourth-order valence-corrected chi connectivity index (χ4v) is 3.58. The van der Waals surface area contributed by atoms with Gasteiger partial charge in [-0.3, -0.25) is 9.89 Å².